The van der Waals surface area contributed by atoms with Crippen molar-refractivity contribution in [3.8, 4) is 0 Å². The fourth-order valence-corrected chi connectivity index (χ4v) is 2.30. The second kappa shape index (κ2) is 6.26. The minimum absolute atomic E-state index is 0.00194. The fraction of sp³-hybridized carbons (Fsp3) is 0.500. The Morgan fingerprint density at radius 3 is 2.30 bits per heavy atom. The molecular weight excluding hydrogens is 269 g/mol. The van der Waals surface area contributed by atoms with Crippen molar-refractivity contribution in [2.45, 2.75) is 31.7 Å². The van der Waals surface area contributed by atoms with Gasteiger partial charge in [-0.3, -0.25) is 4.79 Å². The highest BCUT2D eigenvalue weighted by Gasteiger charge is 2.32. The zero-order valence-corrected chi connectivity index (χ0v) is 11.0. The van der Waals surface area contributed by atoms with Gasteiger partial charge in [0, 0.05) is 24.7 Å². The monoisotopic (exact) mass is 286 g/mol. The summed E-state index contributed by atoms with van der Waals surface area (Å²) in [7, 11) is 0. The maximum Gasteiger partial charge on any atom is 0.260 e. The van der Waals surface area contributed by atoms with E-state index in [0.29, 0.717) is 31.6 Å². The van der Waals surface area contributed by atoms with Crippen LogP contribution in [-0.2, 0) is 0 Å². The Hall–Kier alpha value is -1.56. The summed E-state index contributed by atoms with van der Waals surface area (Å²) in [5.74, 6) is -4.08. The molecule has 0 unspecified atom stereocenters. The number of carbonyl (C=O) groups excluding carboxylic acids is 1. The van der Waals surface area contributed by atoms with Crippen LogP contribution >= 0.6 is 0 Å². The largest absolute Gasteiger partial charge is 0.335 e. The number of benzene rings is 1. The SMILES string of the molecule is NCCCN(C(=O)c1c(F)cc(F)cc1F)C1CCC1. The van der Waals surface area contributed by atoms with E-state index in [1.807, 2.05) is 0 Å². The molecule has 2 rings (SSSR count). The van der Waals surface area contributed by atoms with Crippen molar-refractivity contribution < 1.29 is 18.0 Å². The molecule has 1 aromatic rings. The van der Waals surface area contributed by atoms with Crippen molar-refractivity contribution in [2.24, 2.45) is 5.73 Å². The van der Waals surface area contributed by atoms with E-state index in [1.165, 1.54) is 4.90 Å². The van der Waals surface area contributed by atoms with E-state index in [-0.39, 0.29) is 6.04 Å². The molecule has 1 saturated carbocycles. The highest BCUT2D eigenvalue weighted by atomic mass is 19.1. The van der Waals surface area contributed by atoms with E-state index in [9.17, 15) is 18.0 Å². The quantitative estimate of drug-likeness (QED) is 0.903. The van der Waals surface area contributed by atoms with Crippen LogP contribution in [0.2, 0.25) is 0 Å². The van der Waals surface area contributed by atoms with Crippen LogP contribution in [0, 0.1) is 17.5 Å². The van der Waals surface area contributed by atoms with Gasteiger partial charge in [0.05, 0.1) is 0 Å². The molecule has 6 heteroatoms. The van der Waals surface area contributed by atoms with Crippen LogP contribution in [0.1, 0.15) is 36.0 Å². The molecule has 3 nitrogen and oxygen atoms in total. The minimum atomic E-state index is -1.16. The summed E-state index contributed by atoms with van der Waals surface area (Å²) in [6, 6.07) is 1.05. The first-order valence-electron chi connectivity index (χ1n) is 6.70. The highest BCUT2D eigenvalue weighted by molar-refractivity contribution is 5.95. The molecule has 1 aliphatic rings. The van der Waals surface area contributed by atoms with Crippen LogP contribution in [0.15, 0.2) is 12.1 Å². The third kappa shape index (κ3) is 2.95. The van der Waals surface area contributed by atoms with Crippen LogP contribution in [0.25, 0.3) is 0 Å². The predicted octanol–water partition coefficient (Wildman–Crippen LogP) is 2.45. The number of hydrogen-bond donors (Lipinski definition) is 1. The molecule has 0 saturated heterocycles. The van der Waals surface area contributed by atoms with Crippen LogP contribution in [0.3, 0.4) is 0 Å². The first-order valence-corrected chi connectivity index (χ1v) is 6.70. The van der Waals surface area contributed by atoms with Gasteiger partial charge in [0.25, 0.3) is 5.91 Å². The Morgan fingerprint density at radius 2 is 1.85 bits per heavy atom. The maximum absolute atomic E-state index is 13.7. The maximum atomic E-state index is 13.7. The summed E-state index contributed by atoms with van der Waals surface area (Å²) in [5, 5.41) is 0. The van der Waals surface area contributed by atoms with Crippen molar-refractivity contribution in [2.75, 3.05) is 13.1 Å². The lowest BCUT2D eigenvalue weighted by Gasteiger charge is -2.37. The van der Waals surface area contributed by atoms with Crippen molar-refractivity contribution in [1.29, 1.82) is 0 Å². The summed E-state index contributed by atoms with van der Waals surface area (Å²) in [4.78, 5) is 13.8. The van der Waals surface area contributed by atoms with E-state index >= 15 is 0 Å². The summed E-state index contributed by atoms with van der Waals surface area (Å²) in [6.07, 6.45) is 3.19. The van der Waals surface area contributed by atoms with Crippen LogP contribution in [0.4, 0.5) is 13.2 Å². The van der Waals surface area contributed by atoms with Crippen molar-refractivity contribution in [3.05, 3.63) is 35.1 Å². The first-order chi connectivity index (χ1) is 9.54. The molecule has 1 fully saturated rings. The minimum Gasteiger partial charge on any atom is -0.335 e. The van der Waals surface area contributed by atoms with Gasteiger partial charge >= 0.3 is 0 Å². The summed E-state index contributed by atoms with van der Waals surface area (Å²) < 4.78 is 40.2. The second-order valence-corrected chi connectivity index (χ2v) is 4.97. The van der Waals surface area contributed by atoms with Crippen LogP contribution in [-0.4, -0.2) is 29.9 Å². The lowest BCUT2D eigenvalue weighted by atomic mass is 9.90. The average molecular weight is 286 g/mol. The molecule has 0 aliphatic heterocycles. The van der Waals surface area contributed by atoms with Gasteiger partial charge < -0.3 is 10.6 Å². The number of nitrogens with two attached hydrogens (primary N) is 1. The van der Waals surface area contributed by atoms with E-state index in [1.54, 1.807) is 0 Å². The van der Waals surface area contributed by atoms with Crippen molar-refractivity contribution in [3.63, 3.8) is 0 Å². The number of rotatable bonds is 5. The van der Waals surface area contributed by atoms with Gasteiger partial charge in [-0.15, -0.1) is 0 Å². The normalized spacial score (nSPS) is 15.0. The van der Waals surface area contributed by atoms with E-state index < -0.39 is 28.9 Å². The summed E-state index contributed by atoms with van der Waals surface area (Å²) in [6.45, 7) is 0.751. The number of halogens is 3. The first kappa shape index (κ1) is 14.8. The van der Waals surface area contributed by atoms with Gasteiger partial charge in [0.1, 0.15) is 23.0 Å². The Balaban J connectivity index is 2.26. The summed E-state index contributed by atoms with van der Waals surface area (Å²) in [5.41, 5.74) is 4.73. The topological polar surface area (TPSA) is 46.3 Å². The fourth-order valence-electron chi connectivity index (χ4n) is 2.30. The zero-order chi connectivity index (χ0) is 14.7. The smallest absolute Gasteiger partial charge is 0.260 e. The number of carbonyl (C=O) groups is 1. The second-order valence-electron chi connectivity index (χ2n) is 4.97. The molecule has 0 atom stereocenters. The standard InChI is InChI=1S/C14H17F3N2O/c15-9-7-11(16)13(12(17)8-9)14(20)19(6-2-5-18)10-3-1-4-10/h7-8,10H,1-6,18H2. The molecule has 110 valence electrons. The Morgan fingerprint density at radius 1 is 1.25 bits per heavy atom. The third-order valence-corrected chi connectivity index (χ3v) is 3.60. The molecule has 1 amide bonds. The Labute approximate surface area is 115 Å². The Kier molecular flexibility index (Phi) is 4.65. The van der Waals surface area contributed by atoms with E-state index in [4.69, 9.17) is 5.73 Å². The van der Waals surface area contributed by atoms with Crippen LogP contribution < -0.4 is 5.73 Å². The predicted molar refractivity (Wildman–Crippen MR) is 68.7 cm³/mol. The molecule has 1 aromatic carbocycles. The van der Waals surface area contributed by atoms with Gasteiger partial charge in [-0.25, -0.2) is 13.2 Å². The lowest BCUT2D eigenvalue weighted by molar-refractivity contribution is 0.0568. The average Bonchev–Trinajstić information content (AvgIpc) is 2.30. The van der Waals surface area contributed by atoms with Gasteiger partial charge in [0.15, 0.2) is 0 Å². The molecule has 0 heterocycles. The number of amides is 1. The van der Waals surface area contributed by atoms with Gasteiger partial charge in [0.2, 0.25) is 0 Å². The number of nitrogens with zero attached hydrogens (tertiary/aromatic N) is 1. The molecule has 0 aromatic heterocycles. The summed E-state index contributed by atoms with van der Waals surface area (Å²) >= 11 is 0. The van der Waals surface area contributed by atoms with Crippen molar-refractivity contribution >= 4 is 5.91 Å². The van der Waals surface area contributed by atoms with E-state index in [0.717, 1.165) is 19.3 Å². The van der Waals surface area contributed by atoms with Crippen LogP contribution in [0.5, 0.6) is 0 Å². The molecule has 0 spiro atoms. The zero-order valence-electron chi connectivity index (χ0n) is 11.0. The van der Waals surface area contributed by atoms with Gasteiger partial charge in [-0.2, -0.15) is 0 Å². The molecule has 2 N–H and O–H groups in total. The Bertz CT molecular complexity index is 480. The van der Waals surface area contributed by atoms with Gasteiger partial charge in [-0.1, -0.05) is 0 Å². The molecule has 1 aliphatic carbocycles. The number of hydrogen-bond acceptors (Lipinski definition) is 2. The van der Waals surface area contributed by atoms with Crippen molar-refractivity contribution in [1.82, 2.24) is 4.90 Å². The molecule has 0 bridgehead atoms. The third-order valence-electron chi connectivity index (χ3n) is 3.60. The molecule has 0 radical (unpaired) electrons. The molecule has 20 heavy (non-hydrogen) atoms. The molecular formula is C14H17F3N2O. The lowest BCUT2D eigenvalue weighted by Crippen LogP contribution is -2.45. The van der Waals surface area contributed by atoms with Gasteiger partial charge in [-0.05, 0) is 32.2 Å². The highest BCUT2D eigenvalue weighted by Crippen LogP contribution is 2.27. The van der Waals surface area contributed by atoms with E-state index in [2.05, 4.69) is 0 Å².